The van der Waals surface area contributed by atoms with Crippen molar-refractivity contribution < 1.29 is 28.5 Å². The average molecular weight is 583 g/mol. The second-order valence-electron chi connectivity index (χ2n) is 11.2. The van der Waals surface area contributed by atoms with Crippen molar-refractivity contribution in [1.29, 1.82) is 5.26 Å². The Balaban J connectivity index is 1.46. The minimum Gasteiger partial charge on any atom is -0.486 e. The van der Waals surface area contributed by atoms with Gasteiger partial charge in [0.05, 0.1) is 24.8 Å². The number of esters is 1. The number of fused-ring (bicyclic) bond motifs is 2. The molecule has 10 heteroatoms. The lowest BCUT2D eigenvalue weighted by atomic mass is 9.97. The first-order chi connectivity index (χ1) is 20.6. The Labute approximate surface area is 249 Å². The fourth-order valence-electron chi connectivity index (χ4n) is 4.99. The lowest BCUT2D eigenvalue weighted by Gasteiger charge is -2.27. The summed E-state index contributed by atoms with van der Waals surface area (Å²) < 4.78 is 21.9. The van der Waals surface area contributed by atoms with Crippen LogP contribution in [0.3, 0.4) is 0 Å². The maximum absolute atomic E-state index is 12.9. The molecule has 3 aromatic carbocycles. The van der Waals surface area contributed by atoms with E-state index in [9.17, 15) is 14.9 Å². The molecule has 5 rings (SSSR count). The van der Waals surface area contributed by atoms with Crippen LogP contribution in [-0.2, 0) is 15.9 Å². The van der Waals surface area contributed by atoms with Crippen molar-refractivity contribution in [3.8, 4) is 28.7 Å². The molecule has 3 N–H and O–H groups in total. The molecule has 222 valence electrons. The number of aromatic nitrogens is 1. The topological polar surface area (TPSA) is 135 Å². The summed E-state index contributed by atoms with van der Waals surface area (Å²) in [5.41, 5.74) is 3.32. The Morgan fingerprint density at radius 2 is 1.74 bits per heavy atom. The molecular weight excluding hydrogens is 548 g/mol. The van der Waals surface area contributed by atoms with Gasteiger partial charge in [0.25, 0.3) is 0 Å². The molecular formula is C33H34N4O6. The molecule has 0 fully saturated rings. The van der Waals surface area contributed by atoms with E-state index in [2.05, 4.69) is 21.7 Å². The molecule has 0 radical (unpaired) electrons. The van der Waals surface area contributed by atoms with E-state index in [1.807, 2.05) is 54.7 Å². The fourth-order valence-corrected chi connectivity index (χ4v) is 4.99. The molecule has 0 aliphatic carbocycles. The Morgan fingerprint density at radius 1 is 1.02 bits per heavy atom. The monoisotopic (exact) mass is 582 g/mol. The third-order valence-electron chi connectivity index (χ3n) is 6.97. The molecule has 4 aromatic rings. The number of para-hydroxylation sites is 1. The number of ether oxygens (including phenoxy) is 4. The van der Waals surface area contributed by atoms with E-state index in [-0.39, 0.29) is 5.56 Å². The molecule has 2 atom stereocenters. The maximum Gasteiger partial charge on any atom is 0.407 e. The van der Waals surface area contributed by atoms with Gasteiger partial charge in [0.15, 0.2) is 11.5 Å². The Hall–Kier alpha value is -5.17. The van der Waals surface area contributed by atoms with Crippen molar-refractivity contribution in [3.63, 3.8) is 0 Å². The van der Waals surface area contributed by atoms with Crippen LogP contribution in [0.2, 0.25) is 0 Å². The predicted octanol–water partition coefficient (Wildman–Crippen LogP) is 5.83. The van der Waals surface area contributed by atoms with Gasteiger partial charge in [0.1, 0.15) is 24.9 Å². The van der Waals surface area contributed by atoms with Gasteiger partial charge in [-0.15, -0.1) is 0 Å². The van der Waals surface area contributed by atoms with Crippen molar-refractivity contribution in [1.82, 2.24) is 10.3 Å². The van der Waals surface area contributed by atoms with Crippen molar-refractivity contribution in [2.75, 3.05) is 25.6 Å². The number of nitriles is 1. The van der Waals surface area contributed by atoms with Crippen molar-refractivity contribution in [2.45, 2.75) is 44.9 Å². The zero-order chi connectivity index (χ0) is 30.6. The standard InChI is InChI=1S/C33H34N4O6/c1-33(2,3)43-32(39)37-27(16-22-19-35-25-8-6-5-7-23(22)25)28(18-34)36-26-11-9-20(15-24(26)31(38)40-4)21-10-12-29-30(17-21)42-14-13-41-29/h5-12,15,17,19,27-28,35-36H,13-14,16H2,1-4H3,(H,37,39)/t27-,28+/m1/s1. The first-order valence-corrected chi connectivity index (χ1v) is 14.0. The third kappa shape index (κ3) is 6.84. The van der Waals surface area contributed by atoms with Gasteiger partial charge in [-0.3, -0.25) is 0 Å². The van der Waals surface area contributed by atoms with E-state index in [0.717, 1.165) is 27.6 Å². The molecule has 1 aliphatic heterocycles. The minimum absolute atomic E-state index is 0.234. The highest BCUT2D eigenvalue weighted by molar-refractivity contribution is 5.97. The third-order valence-corrected chi connectivity index (χ3v) is 6.97. The van der Waals surface area contributed by atoms with Crippen LogP contribution in [0.15, 0.2) is 66.9 Å². The normalized spacial score (nSPS) is 13.8. The van der Waals surface area contributed by atoms with Gasteiger partial charge < -0.3 is 34.6 Å². The number of benzene rings is 3. The predicted molar refractivity (Wildman–Crippen MR) is 162 cm³/mol. The SMILES string of the molecule is COC(=O)c1cc(-c2ccc3c(c2)OCCO3)ccc1N[C@@H](C#N)[C@@H](Cc1c[nH]c2ccccc12)NC(=O)OC(C)(C)C. The molecule has 1 aliphatic rings. The molecule has 0 unspecified atom stereocenters. The van der Waals surface area contributed by atoms with E-state index in [4.69, 9.17) is 18.9 Å². The average Bonchev–Trinajstić information content (AvgIpc) is 3.40. The highest BCUT2D eigenvalue weighted by atomic mass is 16.6. The summed E-state index contributed by atoms with van der Waals surface area (Å²) in [6.07, 6.45) is 1.53. The fraction of sp³-hybridized carbons (Fsp3) is 0.303. The molecule has 0 spiro atoms. The molecule has 1 amide bonds. The Morgan fingerprint density at radius 3 is 2.49 bits per heavy atom. The Kier molecular flexibility index (Phi) is 8.44. The number of rotatable bonds is 8. The van der Waals surface area contributed by atoms with Gasteiger partial charge >= 0.3 is 12.1 Å². The number of amides is 1. The van der Waals surface area contributed by atoms with E-state index in [0.29, 0.717) is 36.8 Å². The highest BCUT2D eigenvalue weighted by Gasteiger charge is 2.29. The van der Waals surface area contributed by atoms with Gasteiger partial charge in [-0.1, -0.05) is 30.3 Å². The number of H-pyrrole nitrogens is 1. The summed E-state index contributed by atoms with van der Waals surface area (Å²) in [6, 6.07) is 19.2. The number of alkyl carbamates (subject to hydrolysis) is 1. The molecule has 0 bridgehead atoms. The molecule has 1 aromatic heterocycles. The number of aromatic amines is 1. The summed E-state index contributed by atoms with van der Waals surface area (Å²) in [4.78, 5) is 29.1. The highest BCUT2D eigenvalue weighted by Crippen LogP contribution is 2.36. The smallest absolute Gasteiger partial charge is 0.407 e. The van der Waals surface area contributed by atoms with Crippen LogP contribution in [0, 0.1) is 11.3 Å². The van der Waals surface area contributed by atoms with Crippen LogP contribution in [0.4, 0.5) is 10.5 Å². The molecule has 10 nitrogen and oxygen atoms in total. The number of anilines is 1. The zero-order valence-electron chi connectivity index (χ0n) is 24.5. The van der Waals surface area contributed by atoms with Crippen LogP contribution in [0.25, 0.3) is 22.0 Å². The van der Waals surface area contributed by atoms with Crippen LogP contribution in [0.1, 0.15) is 36.7 Å². The van der Waals surface area contributed by atoms with Crippen LogP contribution in [0.5, 0.6) is 11.5 Å². The van der Waals surface area contributed by atoms with Crippen LogP contribution < -0.4 is 20.1 Å². The summed E-state index contributed by atoms with van der Waals surface area (Å²) in [7, 11) is 1.30. The molecule has 2 heterocycles. The molecule has 0 saturated carbocycles. The number of nitrogens with one attached hydrogen (secondary N) is 3. The number of methoxy groups -OCH3 is 1. The summed E-state index contributed by atoms with van der Waals surface area (Å²) in [6.45, 7) is 6.26. The summed E-state index contributed by atoms with van der Waals surface area (Å²) in [5, 5.41) is 17.4. The summed E-state index contributed by atoms with van der Waals surface area (Å²) in [5.74, 6) is 0.715. The zero-order valence-corrected chi connectivity index (χ0v) is 24.5. The number of hydrogen-bond acceptors (Lipinski definition) is 8. The van der Waals surface area contributed by atoms with Gasteiger partial charge in [-0.25, -0.2) is 9.59 Å². The first-order valence-electron chi connectivity index (χ1n) is 14.0. The molecule has 0 saturated heterocycles. The quantitative estimate of drug-likeness (QED) is 0.221. The Bertz CT molecular complexity index is 1680. The van der Waals surface area contributed by atoms with E-state index in [1.165, 1.54) is 7.11 Å². The number of carbonyl (C=O) groups is 2. The number of carbonyl (C=O) groups excluding carboxylic acids is 2. The van der Waals surface area contributed by atoms with E-state index >= 15 is 0 Å². The maximum atomic E-state index is 12.9. The lowest BCUT2D eigenvalue weighted by Crippen LogP contribution is -2.49. The van der Waals surface area contributed by atoms with Gasteiger partial charge in [0, 0.05) is 22.8 Å². The van der Waals surface area contributed by atoms with Crippen LogP contribution >= 0.6 is 0 Å². The van der Waals surface area contributed by atoms with Crippen molar-refractivity contribution in [2.24, 2.45) is 0 Å². The van der Waals surface area contributed by atoms with Gasteiger partial charge in [-0.2, -0.15) is 5.26 Å². The summed E-state index contributed by atoms with van der Waals surface area (Å²) >= 11 is 0. The largest absolute Gasteiger partial charge is 0.486 e. The first kappa shape index (κ1) is 29.3. The van der Waals surface area contributed by atoms with Gasteiger partial charge in [0.2, 0.25) is 0 Å². The number of hydrogen-bond donors (Lipinski definition) is 3. The molecule has 43 heavy (non-hydrogen) atoms. The van der Waals surface area contributed by atoms with E-state index < -0.39 is 29.7 Å². The second-order valence-corrected chi connectivity index (χ2v) is 11.2. The number of nitrogens with zero attached hydrogens (tertiary/aromatic N) is 1. The second kappa shape index (κ2) is 12.4. The minimum atomic E-state index is -0.940. The lowest BCUT2D eigenvalue weighted by molar-refractivity contribution is 0.0501. The van der Waals surface area contributed by atoms with Crippen LogP contribution in [-0.4, -0.2) is 55.1 Å². The van der Waals surface area contributed by atoms with Crippen molar-refractivity contribution in [3.05, 3.63) is 78.0 Å². The van der Waals surface area contributed by atoms with Crippen molar-refractivity contribution >= 4 is 28.7 Å². The van der Waals surface area contributed by atoms with Gasteiger partial charge in [-0.05, 0) is 74.2 Å². The van der Waals surface area contributed by atoms with E-state index in [1.54, 1.807) is 32.9 Å².